The number of rotatable bonds is 7. The third kappa shape index (κ3) is 5.21. The van der Waals surface area contributed by atoms with Gasteiger partial charge < -0.3 is 5.32 Å². The minimum absolute atomic E-state index is 0.0475. The molecule has 0 spiro atoms. The standard InChI is InChI=1S/C29H33FN8OS/c1-18-23(16-34-38(18)22-10-8-21(9-11-22)35-28(39)29(2,3)36(4)5)19-13-25(40-27-24(30)7-6-12-32-27)26-20(14-31)15-33-37(26)17-19/h6-7,12-13,15-17,21-22H,8-11H2,1-5H3,(H,35,39)/t21-,22+. The third-order valence-corrected chi connectivity index (χ3v) is 9.06. The van der Waals surface area contributed by atoms with E-state index >= 15 is 0 Å². The predicted octanol–water partition coefficient (Wildman–Crippen LogP) is 5.00. The molecule has 4 heterocycles. The molecule has 9 nitrogen and oxygen atoms in total. The molecular weight excluding hydrogens is 527 g/mol. The number of amides is 1. The first-order valence-corrected chi connectivity index (χ1v) is 14.1. The van der Waals surface area contributed by atoms with E-state index in [0.717, 1.165) is 42.5 Å². The second kappa shape index (κ2) is 11.0. The van der Waals surface area contributed by atoms with E-state index in [4.69, 9.17) is 5.10 Å². The monoisotopic (exact) mass is 560 g/mol. The largest absolute Gasteiger partial charge is 0.352 e. The zero-order valence-corrected chi connectivity index (χ0v) is 24.2. The fourth-order valence-corrected chi connectivity index (χ4v) is 6.02. The summed E-state index contributed by atoms with van der Waals surface area (Å²) in [7, 11) is 3.83. The van der Waals surface area contributed by atoms with Gasteiger partial charge >= 0.3 is 0 Å². The molecule has 0 saturated heterocycles. The molecule has 1 N–H and O–H groups in total. The molecule has 0 aliphatic heterocycles. The van der Waals surface area contributed by atoms with Crippen LogP contribution in [0.4, 0.5) is 4.39 Å². The number of carbonyl (C=O) groups excluding carboxylic acids is 1. The van der Waals surface area contributed by atoms with Crippen molar-refractivity contribution in [1.82, 2.24) is 34.6 Å². The van der Waals surface area contributed by atoms with Gasteiger partial charge in [0.05, 0.1) is 35.1 Å². The molecule has 1 amide bonds. The van der Waals surface area contributed by atoms with Crippen molar-refractivity contribution in [3.05, 3.63) is 60.1 Å². The van der Waals surface area contributed by atoms with Crippen LogP contribution in [0.1, 0.15) is 56.8 Å². The maximum absolute atomic E-state index is 14.5. The molecule has 0 radical (unpaired) electrons. The normalized spacial score (nSPS) is 17.8. The number of nitrogens with one attached hydrogen (secondary N) is 1. The van der Waals surface area contributed by atoms with Crippen molar-refractivity contribution in [2.75, 3.05) is 14.1 Å². The van der Waals surface area contributed by atoms with Crippen LogP contribution in [0.3, 0.4) is 0 Å². The first kappa shape index (κ1) is 27.8. The molecule has 40 heavy (non-hydrogen) atoms. The zero-order chi connectivity index (χ0) is 28.6. The van der Waals surface area contributed by atoms with Gasteiger partial charge in [-0.05, 0) is 78.7 Å². The van der Waals surface area contributed by atoms with Gasteiger partial charge in [0.2, 0.25) is 5.91 Å². The summed E-state index contributed by atoms with van der Waals surface area (Å²) in [6.45, 7) is 5.91. The number of nitrogens with zero attached hydrogens (tertiary/aromatic N) is 7. The Bertz CT molecular complexity index is 1590. The molecule has 0 aromatic carbocycles. The highest BCUT2D eigenvalue weighted by Crippen LogP contribution is 2.38. The second-order valence-corrected chi connectivity index (χ2v) is 12.0. The number of likely N-dealkylation sites (N-methyl/N-ethyl adjacent to an activating group) is 1. The number of fused-ring (bicyclic) bond motifs is 1. The van der Waals surface area contributed by atoms with Crippen molar-refractivity contribution in [2.45, 2.75) is 74.0 Å². The van der Waals surface area contributed by atoms with Gasteiger partial charge in [0, 0.05) is 40.2 Å². The Labute approximate surface area is 237 Å². The van der Waals surface area contributed by atoms with E-state index in [1.807, 2.05) is 51.3 Å². The minimum atomic E-state index is -0.562. The van der Waals surface area contributed by atoms with Crippen LogP contribution in [0.25, 0.3) is 16.6 Å². The molecule has 4 aromatic heterocycles. The summed E-state index contributed by atoms with van der Waals surface area (Å²) in [5.74, 6) is -0.374. The lowest BCUT2D eigenvalue weighted by atomic mass is 9.90. The van der Waals surface area contributed by atoms with Gasteiger partial charge in [0.1, 0.15) is 11.1 Å². The van der Waals surface area contributed by atoms with E-state index in [0.29, 0.717) is 16.0 Å². The van der Waals surface area contributed by atoms with Crippen molar-refractivity contribution in [3.8, 4) is 17.2 Å². The average molecular weight is 561 g/mol. The first-order chi connectivity index (χ1) is 19.1. The van der Waals surface area contributed by atoms with Gasteiger partial charge in [-0.1, -0.05) is 11.8 Å². The summed E-state index contributed by atoms with van der Waals surface area (Å²) in [4.78, 5) is 19.6. The number of nitriles is 1. The molecule has 1 aliphatic rings. The minimum Gasteiger partial charge on any atom is -0.352 e. The Morgan fingerprint density at radius 2 is 1.98 bits per heavy atom. The molecule has 11 heteroatoms. The van der Waals surface area contributed by atoms with E-state index in [1.54, 1.807) is 16.8 Å². The van der Waals surface area contributed by atoms with Crippen molar-refractivity contribution in [2.24, 2.45) is 0 Å². The molecule has 0 unspecified atom stereocenters. The Morgan fingerprint density at radius 3 is 2.65 bits per heavy atom. The Balaban J connectivity index is 1.38. The fraction of sp³-hybridized carbons (Fsp3) is 0.414. The summed E-state index contributed by atoms with van der Waals surface area (Å²) < 4.78 is 18.2. The Morgan fingerprint density at radius 1 is 1.23 bits per heavy atom. The summed E-state index contributed by atoms with van der Waals surface area (Å²) in [6, 6.07) is 7.44. The van der Waals surface area contributed by atoms with Gasteiger partial charge in [-0.15, -0.1) is 0 Å². The average Bonchev–Trinajstić information content (AvgIpc) is 3.53. The summed E-state index contributed by atoms with van der Waals surface area (Å²) in [6.07, 6.45) is 10.4. The van der Waals surface area contributed by atoms with Gasteiger partial charge in [-0.2, -0.15) is 15.5 Å². The molecule has 0 bridgehead atoms. The number of halogens is 1. The molecule has 1 fully saturated rings. The zero-order valence-electron chi connectivity index (χ0n) is 23.3. The molecule has 1 aliphatic carbocycles. The van der Waals surface area contributed by atoms with Crippen LogP contribution in [0, 0.1) is 24.1 Å². The van der Waals surface area contributed by atoms with Gasteiger partial charge in [0.25, 0.3) is 0 Å². The lowest BCUT2D eigenvalue weighted by Gasteiger charge is -2.35. The van der Waals surface area contributed by atoms with Crippen LogP contribution >= 0.6 is 11.8 Å². The number of pyridine rings is 2. The van der Waals surface area contributed by atoms with Crippen LogP contribution in [0.15, 0.2) is 52.9 Å². The molecule has 208 valence electrons. The summed E-state index contributed by atoms with van der Waals surface area (Å²) in [5.41, 5.74) is 3.30. The highest BCUT2D eigenvalue weighted by atomic mass is 32.2. The quantitative estimate of drug-likeness (QED) is 0.339. The van der Waals surface area contributed by atoms with Crippen LogP contribution < -0.4 is 5.32 Å². The van der Waals surface area contributed by atoms with Gasteiger partial charge in [0.15, 0.2) is 5.82 Å². The number of aromatic nitrogens is 5. The van der Waals surface area contributed by atoms with E-state index in [2.05, 4.69) is 33.1 Å². The maximum Gasteiger partial charge on any atom is 0.240 e. The third-order valence-electron chi connectivity index (χ3n) is 8.04. The highest BCUT2D eigenvalue weighted by Gasteiger charge is 2.33. The molecule has 0 atom stereocenters. The van der Waals surface area contributed by atoms with E-state index in [1.165, 1.54) is 24.0 Å². The predicted molar refractivity (Wildman–Crippen MR) is 151 cm³/mol. The molecule has 4 aromatic rings. The van der Waals surface area contributed by atoms with Crippen LogP contribution in [-0.4, -0.2) is 60.9 Å². The number of carbonyl (C=O) groups is 1. The van der Waals surface area contributed by atoms with Gasteiger partial charge in [-0.25, -0.2) is 13.9 Å². The molecule has 1 saturated carbocycles. The van der Waals surface area contributed by atoms with Crippen LogP contribution in [0.2, 0.25) is 0 Å². The van der Waals surface area contributed by atoms with Crippen molar-refractivity contribution >= 4 is 23.2 Å². The van der Waals surface area contributed by atoms with Crippen molar-refractivity contribution < 1.29 is 9.18 Å². The lowest BCUT2D eigenvalue weighted by molar-refractivity contribution is -0.131. The Kier molecular flexibility index (Phi) is 7.66. The van der Waals surface area contributed by atoms with Gasteiger partial charge in [-0.3, -0.25) is 14.4 Å². The van der Waals surface area contributed by atoms with E-state index < -0.39 is 11.4 Å². The van der Waals surface area contributed by atoms with E-state index in [-0.39, 0.29) is 23.0 Å². The maximum atomic E-state index is 14.5. The van der Waals surface area contributed by atoms with Crippen LogP contribution in [-0.2, 0) is 4.79 Å². The first-order valence-electron chi connectivity index (χ1n) is 13.3. The SMILES string of the molecule is Cc1c(-c2cc(Sc3ncccc3F)c3c(C#N)cnn3c2)cnn1[C@H]1CC[C@@H](NC(=O)C(C)(C)N(C)C)CC1. The topological polar surface area (TPSA) is 104 Å². The highest BCUT2D eigenvalue weighted by molar-refractivity contribution is 7.99. The molecule has 5 rings (SSSR count). The van der Waals surface area contributed by atoms with E-state index in [9.17, 15) is 14.4 Å². The number of hydrogen-bond donors (Lipinski definition) is 1. The van der Waals surface area contributed by atoms with Crippen molar-refractivity contribution in [3.63, 3.8) is 0 Å². The lowest BCUT2D eigenvalue weighted by Crippen LogP contribution is -2.54. The summed E-state index contributed by atoms with van der Waals surface area (Å²) >= 11 is 1.17. The summed E-state index contributed by atoms with van der Waals surface area (Å²) in [5, 5.41) is 22.2. The Hall–Kier alpha value is -3.75. The fourth-order valence-electron chi connectivity index (χ4n) is 5.05. The molecular formula is C29H33FN8OS. The second-order valence-electron chi connectivity index (χ2n) is 11.0. The van der Waals surface area contributed by atoms with Crippen molar-refractivity contribution in [1.29, 1.82) is 5.26 Å². The smallest absolute Gasteiger partial charge is 0.240 e. The number of hydrogen-bond acceptors (Lipinski definition) is 7. The van der Waals surface area contributed by atoms with Crippen LogP contribution in [0.5, 0.6) is 0 Å².